The first-order valence-corrected chi connectivity index (χ1v) is 8.54. The highest BCUT2D eigenvalue weighted by Gasteiger charge is 2.32. The quantitative estimate of drug-likeness (QED) is 0.909. The van der Waals surface area contributed by atoms with Crippen LogP contribution >= 0.6 is 11.6 Å². The summed E-state index contributed by atoms with van der Waals surface area (Å²) in [5, 5.41) is 9.85. The zero-order chi connectivity index (χ0) is 18.0. The first-order chi connectivity index (χ1) is 12.0. The maximum atomic E-state index is 12.8. The van der Waals surface area contributed by atoms with Crippen molar-refractivity contribution in [1.29, 1.82) is 0 Å². The summed E-state index contributed by atoms with van der Waals surface area (Å²) in [5.74, 6) is 0.909. The Labute approximate surface area is 152 Å². The monoisotopic (exact) mass is 360 g/mol. The highest BCUT2D eigenvalue weighted by Crippen LogP contribution is 2.27. The number of phenolic OH excluding ortho intramolecular Hbond substituents is 1. The SMILES string of the molecule is COc1ccc(N2CCN(Cc3ccc(O)c(Cl)c3)[C@@H](C)C2=O)cc1. The molecule has 0 radical (unpaired) electrons. The number of piperazine rings is 1. The third kappa shape index (κ3) is 3.72. The van der Waals surface area contributed by atoms with Crippen molar-refractivity contribution >= 4 is 23.2 Å². The van der Waals surface area contributed by atoms with Crippen LogP contribution in [-0.4, -0.2) is 42.2 Å². The number of carbonyl (C=O) groups excluding carboxylic acids is 1. The molecule has 0 saturated carbocycles. The van der Waals surface area contributed by atoms with Gasteiger partial charge in [0.05, 0.1) is 18.2 Å². The number of ether oxygens (including phenoxy) is 1. The van der Waals surface area contributed by atoms with E-state index in [0.717, 1.165) is 23.5 Å². The molecule has 0 aromatic heterocycles. The largest absolute Gasteiger partial charge is 0.506 e. The van der Waals surface area contributed by atoms with Crippen LogP contribution in [0.5, 0.6) is 11.5 Å². The number of hydrogen-bond acceptors (Lipinski definition) is 4. The zero-order valence-corrected chi connectivity index (χ0v) is 15.0. The lowest BCUT2D eigenvalue weighted by Crippen LogP contribution is -2.55. The fraction of sp³-hybridized carbons (Fsp3) is 0.316. The van der Waals surface area contributed by atoms with Gasteiger partial charge in [-0.15, -0.1) is 0 Å². The van der Waals surface area contributed by atoms with Crippen molar-refractivity contribution in [3.05, 3.63) is 53.1 Å². The summed E-state index contributed by atoms with van der Waals surface area (Å²) in [6.45, 7) is 3.92. The molecule has 1 fully saturated rings. The molecule has 1 atom stereocenters. The third-order valence-corrected chi connectivity index (χ3v) is 4.87. The Balaban J connectivity index is 1.71. The average Bonchev–Trinajstić information content (AvgIpc) is 2.62. The van der Waals surface area contributed by atoms with E-state index in [0.29, 0.717) is 18.1 Å². The van der Waals surface area contributed by atoms with Gasteiger partial charge in [0.25, 0.3) is 0 Å². The number of anilines is 1. The summed E-state index contributed by atoms with van der Waals surface area (Å²) >= 11 is 5.97. The lowest BCUT2D eigenvalue weighted by molar-refractivity contribution is -0.125. The average molecular weight is 361 g/mol. The van der Waals surface area contributed by atoms with Crippen LogP contribution in [0.1, 0.15) is 12.5 Å². The van der Waals surface area contributed by atoms with Gasteiger partial charge in [-0.3, -0.25) is 9.69 Å². The number of aromatic hydroxyl groups is 1. The summed E-state index contributed by atoms with van der Waals surface area (Å²) in [4.78, 5) is 16.7. The van der Waals surface area contributed by atoms with Gasteiger partial charge in [0.2, 0.25) is 5.91 Å². The Kier molecular flexibility index (Phi) is 5.16. The highest BCUT2D eigenvalue weighted by atomic mass is 35.5. The van der Waals surface area contributed by atoms with Crippen molar-refractivity contribution in [2.24, 2.45) is 0 Å². The summed E-state index contributed by atoms with van der Waals surface area (Å²) in [7, 11) is 1.62. The van der Waals surface area contributed by atoms with Gasteiger partial charge in [-0.25, -0.2) is 0 Å². The first-order valence-electron chi connectivity index (χ1n) is 8.16. The number of halogens is 1. The number of rotatable bonds is 4. The van der Waals surface area contributed by atoms with E-state index >= 15 is 0 Å². The van der Waals surface area contributed by atoms with E-state index in [1.54, 1.807) is 19.2 Å². The van der Waals surface area contributed by atoms with E-state index in [1.165, 1.54) is 0 Å². The number of benzene rings is 2. The smallest absolute Gasteiger partial charge is 0.244 e. The fourth-order valence-corrected chi connectivity index (χ4v) is 3.23. The van der Waals surface area contributed by atoms with Crippen LogP contribution in [0.4, 0.5) is 5.69 Å². The molecule has 132 valence electrons. The standard InChI is InChI=1S/C19H21ClN2O3/c1-13-19(24)22(15-4-6-16(25-2)7-5-15)10-9-21(13)12-14-3-8-18(23)17(20)11-14/h3-8,11,13,23H,9-10,12H2,1-2H3/t13-/m0/s1. The zero-order valence-electron chi connectivity index (χ0n) is 14.3. The molecular formula is C19H21ClN2O3. The summed E-state index contributed by atoms with van der Waals surface area (Å²) in [5.41, 5.74) is 1.85. The van der Waals surface area contributed by atoms with Crippen LogP contribution in [0.2, 0.25) is 5.02 Å². The second kappa shape index (κ2) is 7.33. The van der Waals surface area contributed by atoms with Crippen molar-refractivity contribution in [3.63, 3.8) is 0 Å². The molecule has 1 amide bonds. The van der Waals surface area contributed by atoms with Gasteiger partial charge >= 0.3 is 0 Å². The van der Waals surface area contributed by atoms with E-state index in [2.05, 4.69) is 4.90 Å². The van der Waals surface area contributed by atoms with Gasteiger partial charge in [0.15, 0.2) is 0 Å². The van der Waals surface area contributed by atoms with E-state index < -0.39 is 0 Å². The Morgan fingerprint density at radius 2 is 1.92 bits per heavy atom. The number of carbonyl (C=O) groups is 1. The van der Waals surface area contributed by atoms with Crippen molar-refractivity contribution in [2.45, 2.75) is 19.5 Å². The van der Waals surface area contributed by atoms with Gasteiger partial charge < -0.3 is 14.7 Å². The molecule has 1 heterocycles. The number of hydrogen-bond donors (Lipinski definition) is 1. The van der Waals surface area contributed by atoms with Gasteiger partial charge in [-0.1, -0.05) is 17.7 Å². The lowest BCUT2D eigenvalue weighted by atomic mass is 10.1. The molecule has 3 rings (SSSR count). The molecule has 2 aromatic rings. The summed E-state index contributed by atoms with van der Waals surface area (Å²) < 4.78 is 5.17. The van der Waals surface area contributed by atoms with Gasteiger partial charge in [0.1, 0.15) is 11.5 Å². The normalized spacial score (nSPS) is 18.4. The number of methoxy groups -OCH3 is 1. The molecule has 25 heavy (non-hydrogen) atoms. The topological polar surface area (TPSA) is 53.0 Å². The number of phenols is 1. The molecule has 2 aromatic carbocycles. The molecule has 0 spiro atoms. The van der Waals surface area contributed by atoms with Crippen molar-refractivity contribution in [2.75, 3.05) is 25.1 Å². The van der Waals surface area contributed by atoms with E-state index in [-0.39, 0.29) is 17.7 Å². The maximum Gasteiger partial charge on any atom is 0.244 e. The molecular weight excluding hydrogens is 340 g/mol. The molecule has 1 N–H and O–H groups in total. The predicted octanol–water partition coefficient (Wildman–Crippen LogP) is 3.29. The first kappa shape index (κ1) is 17.6. The minimum atomic E-state index is -0.233. The van der Waals surface area contributed by atoms with Crippen molar-refractivity contribution in [1.82, 2.24) is 4.90 Å². The minimum absolute atomic E-state index is 0.0684. The highest BCUT2D eigenvalue weighted by molar-refractivity contribution is 6.32. The molecule has 1 aliphatic heterocycles. The van der Waals surface area contributed by atoms with Crippen LogP contribution in [0, 0.1) is 0 Å². The van der Waals surface area contributed by atoms with E-state index in [1.807, 2.05) is 42.2 Å². The fourth-order valence-electron chi connectivity index (χ4n) is 3.03. The Morgan fingerprint density at radius 1 is 1.20 bits per heavy atom. The van der Waals surface area contributed by atoms with Crippen LogP contribution in [-0.2, 0) is 11.3 Å². The van der Waals surface area contributed by atoms with Crippen LogP contribution in [0.3, 0.4) is 0 Å². The Bertz CT molecular complexity index is 764. The van der Waals surface area contributed by atoms with Crippen LogP contribution < -0.4 is 9.64 Å². The summed E-state index contributed by atoms with van der Waals surface area (Å²) in [6.07, 6.45) is 0. The lowest BCUT2D eigenvalue weighted by Gasteiger charge is -2.39. The maximum absolute atomic E-state index is 12.8. The minimum Gasteiger partial charge on any atom is -0.506 e. The van der Waals surface area contributed by atoms with Gasteiger partial charge in [-0.2, -0.15) is 0 Å². The Hall–Kier alpha value is -2.24. The molecule has 6 heteroatoms. The summed E-state index contributed by atoms with van der Waals surface area (Å²) in [6, 6.07) is 12.4. The molecule has 5 nitrogen and oxygen atoms in total. The second-order valence-corrected chi connectivity index (χ2v) is 6.53. The van der Waals surface area contributed by atoms with Crippen molar-refractivity contribution in [3.8, 4) is 11.5 Å². The van der Waals surface area contributed by atoms with E-state index in [9.17, 15) is 9.90 Å². The second-order valence-electron chi connectivity index (χ2n) is 6.12. The molecule has 0 bridgehead atoms. The molecule has 1 saturated heterocycles. The Morgan fingerprint density at radius 3 is 2.56 bits per heavy atom. The number of amides is 1. The van der Waals surface area contributed by atoms with Crippen LogP contribution in [0.25, 0.3) is 0 Å². The van der Waals surface area contributed by atoms with Crippen molar-refractivity contribution < 1.29 is 14.6 Å². The number of nitrogens with zero attached hydrogens (tertiary/aromatic N) is 2. The van der Waals surface area contributed by atoms with E-state index in [4.69, 9.17) is 16.3 Å². The van der Waals surface area contributed by atoms with Gasteiger partial charge in [-0.05, 0) is 48.9 Å². The third-order valence-electron chi connectivity index (χ3n) is 4.56. The van der Waals surface area contributed by atoms with Crippen LogP contribution in [0.15, 0.2) is 42.5 Å². The molecule has 0 aliphatic carbocycles. The van der Waals surface area contributed by atoms with Gasteiger partial charge in [0, 0.05) is 25.3 Å². The predicted molar refractivity (Wildman–Crippen MR) is 98.3 cm³/mol. The molecule has 0 unspecified atom stereocenters. The molecule has 1 aliphatic rings.